The summed E-state index contributed by atoms with van der Waals surface area (Å²) in [6.45, 7) is 0. The highest BCUT2D eigenvalue weighted by molar-refractivity contribution is 6.31. The van der Waals surface area contributed by atoms with E-state index in [2.05, 4.69) is 9.97 Å². The molecule has 0 aliphatic carbocycles. The van der Waals surface area contributed by atoms with Gasteiger partial charge in [0.25, 0.3) is 0 Å². The van der Waals surface area contributed by atoms with Crippen LogP contribution in [-0.2, 0) is 0 Å². The normalized spacial score (nSPS) is 10.8. The molecule has 0 amide bonds. The van der Waals surface area contributed by atoms with E-state index in [-0.39, 0.29) is 22.3 Å². The van der Waals surface area contributed by atoms with E-state index in [0.717, 1.165) is 11.7 Å². The van der Waals surface area contributed by atoms with Gasteiger partial charge in [-0.05, 0) is 12.1 Å². The van der Waals surface area contributed by atoms with Crippen LogP contribution in [0.2, 0.25) is 5.15 Å². The SMILES string of the molecule is O=[N+]([O-])c1c(Cl)ncnc1-c1cc2ccccc2o1. The summed E-state index contributed by atoms with van der Waals surface area (Å²) < 4.78 is 5.55. The Balaban J connectivity index is 2.27. The van der Waals surface area contributed by atoms with Crippen molar-refractivity contribution in [2.75, 3.05) is 0 Å². The predicted octanol–water partition coefficient (Wildman–Crippen LogP) is 3.45. The number of fused-ring (bicyclic) bond motifs is 1. The summed E-state index contributed by atoms with van der Waals surface area (Å²) in [6.07, 6.45) is 1.16. The van der Waals surface area contributed by atoms with Gasteiger partial charge in [-0.1, -0.05) is 29.8 Å². The molecular formula is C12H6ClN3O3. The minimum absolute atomic E-state index is 0.0706. The van der Waals surface area contributed by atoms with Crippen LogP contribution >= 0.6 is 11.6 Å². The lowest BCUT2D eigenvalue weighted by atomic mass is 10.2. The van der Waals surface area contributed by atoms with Gasteiger partial charge in [0.1, 0.15) is 11.9 Å². The highest BCUT2D eigenvalue weighted by Crippen LogP contribution is 2.35. The number of rotatable bonds is 2. The molecule has 3 aromatic rings. The number of benzene rings is 1. The Labute approximate surface area is 111 Å². The first-order valence-corrected chi connectivity index (χ1v) is 5.68. The van der Waals surface area contributed by atoms with Gasteiger partial charge in [-0.15, -0.1) is 0 Å². The second-order valence-electron chi connectivity index (χ2n) is 3.77. The molecule has 0 N–H and O–H groups in total. The summed E-state index contributed by atoms with van der Waals surface area (Å²) in [6, 6.07) is 8.96. The van der Waals surface area contributed by atoms with Gasteiger partial charge < -0.3 is 4.42 Å². The second kappa shape index (κ2) is 4.33. The maximum Gasteiger partial charge on any atom is 0.335 e. The van der Waals surface area contributed by atoms with E-state index in [9.17, 15) is 10.1 Å². The van der Waals surface area contributed by atoms with Gasteiger partial charge in [0.2, 0.25) is 5.15 Å². The molecule has 0 atom stereocenters. The summed E-state index contributed by atoms with van der Waals surface area (Å²) in [5, 5.41) is 11.7. The lowest BCUT2D eigenvalue weighted by molar-refractivity contribution is -0.384. The molecule has 0 aliphatic rings. The molecule has 0 radical (unpaired) electrons. The highest BCUT2D eigenvalue weighted by Gasteiger charge is 2.25. The average molecular weight is 276 g/mol. The van der Waals surface area contributed by atoms with Crippen molar-refractivity contribution < 1.29 is 9.34 Å². The number of aromatic nitrogens is 2. The van der Waals surface area contributed by atoms with Crippen molar-refractivity contribution in [2.45, 2.75) is 0 Å². The average Bonchev–Trinajstić information content (AvgIpc) is 2.81. The van der Waals surface area contributed by atoms with Crippen molar-refractivity contribution in [3.63, 3.8) is 0 Å². The molecule has 3 rings (SSSR count). The molecule has 0 bridgehead atoms. The standard InChI is InChI=1S/C12H6ClN3O3/c13-12-11(16(17)18)10(14-6-15-12)9-5-7-3-1-2-4-8(7)19-9/h1-6H. The topological polar surface area (TPSA) is 82.1 Å². The molecular weight excluding hydrogens is 270 g/mol. The minimum Gasteiger partial charge on any atom is -0.454 e. The van der Waals surface area contributed by atoms with E-state index < -0.39 is 4.92 Å². The fourth-order valence-electron chi connectivity index (χ4n) is 1.80. The molecule has 0 saturated heterocycles. The van der Waals surface area contributed by atoms with E-state index in [4.69, 9.17) is 16.0 Å². The second-order valence-corrected chi connectivity index (χ2v) is 4.13. The number of nitro groups is 1. The van der Waals surface area contributed by atoms with E-state index in [1.54, 1.807) is 12.1 Å². The molecule has 19 heavy (non-hydrogen) atoms. The quantitative estimate of drug-likeness (QED) is 0.406. The van der Waals surface area contributed by atoms with Gasteiger partial charge >= 0.3 is 5.69 Å². The molecule has 2 heterocycles. The lowest BCUT2D eigenvalue weighted by Crippen LogP contribution is -1.96. The fourth-order valence-corrected chi connectivity index (χ4v) is 2.00. The summed E-state index contributed by atoms with van der Waals surface area (Å²) in [7, 11) is 0. The Morgan fingerprint density at radius 2 is 2.05 bits per heavy atom. The molecule has 0 spiro atoms. The molecule has 0 unspecified atom stereocenters. The van der Waals surface area contributed by atoms with E-state index >= 15 is 0 Å². The van der Waals surface area contributed by atoms with E-state index in [1.807, 2.05) is 18.2 Å². The van der Waals surface area contributed by atoms with E-state index in [0.29, 0.717) is 5.58 Å². The lowest BCUT2D eigenvalue weighted by Gasteiger charge is -1.98. The number of hydrogen-bond acceptors (Lipinski definition) is 5. The Morgan fingerprint density at radius 3 is 2.79 bits per heavy atom. The summed E-state index contributed by atoms with van der Waals surface area (Å²) in [5.41, 5.74) is 0.339. The maximum absolute atomic E-state index is 11.0. The van der Waals surface area contributed by atoms with Crippen molar-refractivity contribution in [1.29, 1.82) is 0 Å². The van der Waals surface area contributed by atoms with Crippen LogP contribution in [0.15, 0.2) is 41.1 Å². The zero-order valence-corrected chi connectivity index (χ0v) is 10.2. The maximum atomic E-state index is 11.0. The van der Waals surface area contributed by atoms with Crippen LogP contribution in [0.4, 0.5) is 5.69 Å². The largest absolute Gasteiger partial charge is 0.454 e. The number of nitrogens with zero attached hydrogens (tertiary/aromatic N) is 3. The van der Waals surface area contributed by atoms with Gasteiger partial charge in [-0.2, -0.15) is 0 Å². The van der Waals surface area contributed by atoms with Crippen molar-refractivity contribution in [2.24, 2.45) is 0 Å². The number of hydrogen-bond donors (Lipinski definition) is 0. The van der Waals surface area contributed by atoms with Gasteiger partial charge in [0.15, 0.2) is 11.5 Å². The number of para-hydroxylation sites is 1. The Morgan fingerprint density at radius 1 is 1.26 bits per heavy atom. The first-order valence-electron chi connectivity index (χ1n) is 5.30. The zero-order valence-electron chi connectivity index (χ0n) is 9.41. The number of furan rings is 1. The third-order valence-electron chi connectivity index (χ3n) is 2.62. The predicted molar refractivity (Wildman–Crippen MR) is 68.9 cm³/mol. The van der Waals surface area contributed by atoms with Gasteiger partial charge in [-0.3, -0.25) is 10.1 Å². The van der Waals surface area contributed by atoms with Crippen molar-refractivity contribution in [3.05, 3.63) is 51.9 Å². The Kier molecular flexibility index (Phi) is 2.64. The molecule has 7 heteroatoms. The van der Waals surface area contributed by atoms with Crippen LogP contribution in [-0.4, -0.2) is 14.9 Å². The fraction of sp³-hybridized carbons (Fsp3) is 0. The molecule has 1 aromatic carbocycles. The molecule has 0 aliphatic heterocycles. The summed E-state index contributed by atoms with van der Waals surface area (Å²) in [5.74, 6) is 0.289. The third kappa shape index (κ3) is 1.92. The van der Waals surface area contributed by atoms with Crippen molar-refractivity contribution >= 4 is 28.3 Å². The van der Waals surface area contributed by atoms with Crippen LogP contribution in [0.25, 0.3) is 22.4 Å². The third-order valence-corrected chi connectivity index (χ3v) is 2.90. The van der Waals surface area contributed by atoms with Gasteiger partial charge in [0.05, 0.1) is 4.92 Å². The van der Waals surface area contributed by atoms with Crippen LogP contribution in [0, 0.1) is 10.1 Å². The van der Waals surface area contributed by atoms with Gasteiger partial charge in [0, 0.05) is 5.39 Å². The van der Waals surface area contributed by atoms with Crippen molar-refractivity contribution in [3.8, 4) is 11.5 Å². The smallest absolute Gasteiger partial charge is 0.335 e. The monoisotopic (exact) mass is 275 g/mol. The molecule has 6 nitrogen and oxygen atoms in total. The zero-order chi connectivity index (χ0) is 13.4. The first kappa shape index (κ1) is 11.6. The van der Waals surface area contributed by atoms with Crippen LogP contribution < -0.4 is 0 Å². The Bertz CT molecular complexity index is 752. The minimum atomic E-state index is -0.620. The van der Waals surface area contributed by atoms with E-state index in [1.165, 1.54) is 0 Å². The van der Waals surface area contributed by atoms with Crippen LogP contribution in [0.1, 0.15) is 0 Å². The van der Waals surface area contributed by atoms with Gasteiger partial charge in [-0.25, -0.2) is 9.97 Å². The number of halogens is 1. The van der Waals surface area contributed by atoms with Crippen LogP contribution in [0.3, 0.4) is 0 Å². The van der Waals surface area contributed by atoms with Crippen LogP contribution in [0.5, 0.6) is 0 Å². The summed E-state index contributed by atoms with van der Waals surface area (Å²) >= 11 is 5.74. The Hall–Kier alpha value is -2.47. The van der Waals surface area contributed by atoms with Crippen molar-refractivity contribution in [1.82, 2.24) is 9.97 Å². The highest BCUT2D eigenvalue weighted by atomic mass is 35.5. The molecule has 0 fully saturated rings. The molecule has 2 aromatic heterocycles. The summed E-state index contributed by atoms with van der Waals surface area (Å²) in [4.78, 5) is 17.9. The first-order chi connectivity index (χ1) is 9.16. The molecule has 0 saturated carbocycles. The molecule has 94 valence electrons.